The summed E-state index contributed by atoms with van der Waals surface area (Å²) in [4.78, 5) is 14.4. The standard InChI is InChI=1S/C22H27NO2/c24-22(12-7-16-25-17-14-19-8-3-1-4-9-19)23-15-13-21(23)18-20-10-5-2-6-11-20/h1-6,8-11,21H,7,12-18H2. The van der Waals surface area contributed by atoms with Crippen LogP contribution in [0.3, 0.4) is 0 Å². The van der Waals surface area contributed by atoms with Crippen molar-refractivity contribution in [3.8, 4) is 0 Å². The van der Waals surface area contributed by atoms with E-state index in [1.54, 1.807) is 0 Å². The third-order valence-electron chi connectivity index (χ3n) is 4.84. The van der Waals surface area contributed by atoms with Gasteiger partial charge in [0.2, 0.25) is 5.91 Å². The van der Waals surface area contributed by atoms with Gasteiger partial charge in [-0.2, -0.15) is 0 Å². The van der Waals surface area contributed by atoms with Crippen molar-refractivity contribution in [2.24, 2.45) is 0 Å². The van der Waals surface area contributed by atoms with Crippen LogP contribution in [0.25, 0.3) is 0 Å². The van der Waals surface area contributed by atoms with Gasteiger partial charge in [0.1, 0.15) is 0 Å². The number of rotatable bonds is 9. The van der Waals surface area contributed by atoms with Crippen LogP contribution in [0.1, 0.15) is 30.4 Å². The van der Waals surface area contributed by atoms with E-state index in [9.17, 15) is 4.79 Å². The molecular weight excluding hydrogens is 310 g/mol. The maximum absolute atomic E-state index is 12.4. The van der Waals surface area contributed by atoms with Gasteiger partial charge >= 0.3 is 0 Å². The molecule has 1 atom stereocenters. The van der Waals surface area contributed by atoms with Gasteiger partial charge in [-0.3, -0.25) is 4.79 Å². The Morgan fingerprint density at radius 1 is 0.960 bits per heavy atom. The molecule has 0 spiro atoms. The number of ether oxygens (including phenoxy) is 1. The monoisotopic (exact) mass is 337 g/mol. The molecule has 0 radical (unpaired) electrons. The van der Waals surface area contributed by atoms with Gasteiger partial charge < -0.3 is 9.64 Å². The second-order valence-corrected chi connectivity index (χ2v) is 6.67. The van der Waals surface area contributed by atoms with Crippen LogP contribution in [0.15, 0.2) is 60.7 Å². The summed E-state index contributed by atoms with van der Waals surface area (Å²) in [7, 11) is 0. The van der Waals surface area contributed by atoms with Crippen molar-refractivity contribution < 1.29 is 9.53 Å². The molecule has 1 unspecified atom stereocenters. The Hall–Kier alpha value is -2.13. The summed E-state index contributed by atoms with van der Waals surface area (Å²) in [5.74, 6) is 0.277. The Morgan fingerprint density at radius 2 is 1.64 bits per heavy atom. The number of hydrogen-bond acceptors (Lipinski definition) is 2. The van der Waals surface area contributed by atoms with Crippen LogP contribution in [0.2, 0.25) is 0 Å². The third kappa shape index (κ3) is 5.43. The van der Waals surface area contributed by atoms with Gasteiger partial charge in [0.15, 0.2) is 0 Å². The molecule has 0 bridgehead atoms. The van der Waals surface area contributed by atoms with Gasteiger partial charge in [-0.05, 0) is 36.8 Å². The van der Waals surface area contributed by atoms with Crippen molar-refractivity contribution in [1.29, 1.82) is 0 Å². The highest BCUT2D eigenvalue weighted by molar-refractivity contribution is 5.77. The first kappa shape index (κ1) is 17.7. The van der Waals surface area contributed by atoms with Gasteiger partial charge in [0, 0.05) is 25.6 Å². The molecule has 2 aromatic carbocycles. The SMILES string of the molecule is O=C(CCCOCCc1ccccc1)N1CCC1Cc1ccccc1. The van der Waals surface area contributed by atoms with Crippen LogP contribution in [0.5, 0.6) is 0 Å². The minimum atomic E-state index is 0.277. The third-order valence-corrected chi connectivity index (χ3v) is 4.84. The number of carbonyl (C=O) groups excluding carboxylic acids is 1. The van der Waals surface area contributed by atoms with E-state index in [4.69, 9.17) is 4.74 Å². The fraction of sp³-hybridized carbons (Fsp3) is 0.409. The van der Waals surface area contributed by atoms with Crippen molar-refractivity contribution in [2.75, 3.05) is 19.8 Å². The second kappa shape index (κ2) is 9.38. The molecule has 1 saturated heterocycles. The zero-order valence-electron chi connectivity index (χ0n) is 14.8. The Kier molecular flexibility index (Phi) is 6.63. The topological polar surface area (TPSA) is 29.5 Å². The largest absolute Gasteiger partial charge is 0.381 e. The summed E-state index contributed by atoms with van der Waals surface area (Å²) >= 11 is 0. The van der Waals surface area contributed by atoms with E-state index >= 15 is 0 Å². The summed E-state index contributed by atoms with van der Waals surface area (Å²) in [6.07, 6.45) is 4.42. The number of likely N-dealkylation sites (tertiary alicyclic amines) is 1. The Balaban J connectivity index is 1.29. The maximum Gasteiger partial charge on any atom is 0.222 e. The lowest BCUT2D eigenvalue weighted by Gasteiger charge is -2.41. The van der Waals surface area contributed by atoms with E-state index in [0.29, 0.717) is 19.1 Å². The molecule has 0 aromatic heterocycles. The molecule has 0 aliphatic carbocycles. The van der Waals surface area contributed by atoms with Crippen molar-refractivity contribution in [3.05, 3.63) is 71.8 Å². The number of benzene rings is 2. The van der Waals surface area contributed by atoms with Crippen LogP contribution in [-0.2, 0) is 22.4 Å². The molecule has 25 heavy (non-hydrogen) atoms. The number of amides is 1. The molecule has 1 fully saturated rings. The summed E-state index contributed by atoms with van der Waals surface area (Å²) in [5, 5.41) is 0. The average molecular weight is 337 g/mol. The van der Waals surface area contributed by atoms with Gasteiger partial charge in [-0.15, -0.1) is 0 Å². The van der Waals surface area contributed by atoms with E-state index in [1.165, 1.54) is 11.1 Å². The predicted octanol–water partition coefficient (Wildman–Crippen LogP) is 3.87. The smallest absolute Gasteiger partial charge is 0.222 e. The molecule has 3 nitrogen and oxygen atoms in total. The van der Waals surface area contributed by atoms with E-state index in [-0.39, 0.29) is 5.91 Å². The lowest BCUT2D eigenvalue weighted by Crippen LogP contribution is -2.52. The molecule has 1 heterocycles. The van der Waals surface area contributed by atoms with Gasteiger partial charge in [-0.1, -0.05) is 60.7 Å². The molecule has 132 valence electrons. The average Bonchev–Trinajstić information content (AvgIpc) is 2.63. The van der Waals surface area contributed by atoms with Gasteiger partial charge in [-0.25, -0.2) is 0 Å². The molecule has 0 saturated carbocycles. The normalized spacial score (nSPS) is 16.5. The zero-order valence-corrected chi connectivity index (χ0v) is 14.8. The van der Waals surface area contributed by atoms with Gasteiger partial charge in [0.05, 0.1) is 6.61 Å². The Labute approximate surface area is 150 Å². The van der Waals surface area contributed by atoms with Crippen LogP contribution in [-0.4, -0.2) is 36.6 Å². The minimum Gasteiger partial charge on any atom is -0.381 e. The molecule has 0 N–H and O–H groups in total. The number of hydrogen-bond donors (Lipinski definition) is 0. The molecule has 1 aliphatic heterocycles. The van der Waals surface area contributed by atoms with Crippen molar-refractivity contribution >= 4 is 5.91 Å². The first-order valence-corrected chi connectivity index (χ1v) is 9.28. The second-order valence-electron chi connectivity index (χ2n) is 6.67. The quantitative estimate of drug-likeness (QED) is 0.650. The number of carbonyl (C=O) groups is 1. The van der Waals surface area contributed by atoms with E-state index in [0.717, 1.165) is 38.8 Å². The molecule has 3 rings (SSSR count). The van der Waals surface area contributed by atoms with Crippen molar-refractivity contribution in [2.45, 2.75) is 38.1 Å². The molecule has 1 aliphatic rings. The molecule has 2 aromatic rings. The van der Waals surface area contributed by atoms with Crippen molar-refractivity contribution in [3.63, 3.8) is 0 Å². The van der Waals surface area contributed by atoms with E-state index in [1.807, 2.05) is 29.2 Å². The number of nitrogens with zero attached hydrogens (tertiary/aromatic N) is 1. The van der Waals surface area contributed by atoms with Gasteiger partial charge in [0.25, 0.3) is 0 Å². The molecular formula is C22H27NO2. The summed E-state index contributed by atoms with van der Waals surface area (Å²) < 4.78 is 5.67. The highest BCUT2D eigenvalue weighted by Gasteiger charge is 2.31. The molecule has 3 heteroatoms. The van der Waals surface area contributed by atoms with E-state index < -0.39 is 0 Å². The van der Waals surface area contributed by atoms with Crippen LogP contribution in [0.4, 0.5) is 0 Å². The molecule has 1 amide bonds. The van der Waals surface area contributed by atoms with Crippen LogP contribution < -0.4 is 0 Å². The Bertz CT molecular complexity index is 642. The van der Waals surface area contributed by atoms with Crippen molar-refractivity contribution in [1.82, 2.24) is 4.90 Å². The maximum atomic E-state index is 12.4. The predicted molar refractivity (Wildman–Crippen MR) is 100 cm³/mol. The van der Waals surface area contributed by atoms with Crippen LogP contribution >= 0.6 is 0 Å². The van der Waals surface area contributed by atoms with Crippen LogP contribution in [0, 0.1) is 0 Å². The first-order chi connectivity index (χ1) is 12.3. The lowest BCUT2D eigenvalue weighted by atomic mass is 9.94. The minimum absolute atomic E-state index is 0.277. The fourth-order valence-corrected chi connectivity index (χ4v) is 3.27. The summed E-state index contributed by atoms with van der Waals surface area (Å²) in [6, 6.07) is 21.2. The lowest BCUT2D eigenvalue weighted by molar-refractivity contribution is -0.139. The Morgan fingerprint density at radius 3 is 2.28 bits per heavy atom. The fourth-order valence-electron chi connectivity index (χ4n) is 3.27. The van der Waals surface area contributed by atoms with E-state index in [2.05, 4.69) is 36.4 Å². The highest BCUT2D eigenvalue weighted by atomic mass is 16.5. The first-order valence-electron chi connectivity index (χ1n) is 9.28. The highest BCUT2D eigenvalue weighted by Crippen LogP contribution is 2.22. The zero-order chi connectivity index (χ0) is 17.3. The summed E-state index contributed by atoms with van der Waals surface area (Å²) in [6.45, 7) is 2.29. The summed E-state index contributed by atoms with van der Waals surface area (Å²) in [5.41, 5.74) is 2.61.